The minimum atomic E-state index is -0.989. The van der Waals surface area contributed by atoms with E-state index in [0.29, 0.717) is 18.4 Å². The van der Waals surface area contributed by atoms with Gasteiger partial charge in [0.1, 0.15) is 28.0 Å². The summed E-state index contributed by atoms with van der Waals surface area (Å²) in [5.41, 5.74) is 8.34. The number of fused-ring (bicyclic) bond motifs is 3. The molecule has 170 valence electrons. The maximum atomic E-state index is 14.3. The maximum absolute atomic E-state index is 14.3. The van der Waals surface area contributed by atoms with Crippen LogP contribution < -0.4 is 5.73 Å². The molecule has 2 saturated carbocycles. The molecule has 1 aromatic heterocycles. The molecule has 3 aliphatic carbocycles. The van der Waals surface area contributed by atoms with Crippen LogP contribution in [-0.2, 0) is 26.4 Å². The summed E-state index contributed by atoms with van der Waals surface area (Å²) in [6, 6.07) is 6.37. The van der Waals surface area contributed by atoms with E-state index in [0.717, 1.165) is 48.2 Å². The lowest BCUT2D eigenvalue weighted by atomic mass is 9.61. The minimum Gasteiger partial charge on any atom is -0.369 e. The summed E-state index contributed by atoms with van der Waals surface area (Å²) in [5, 5.41) is 2.78. The summed E-state index contributed by atoms with van der Waals surface area (Å²) in [7, 11) is 0. The van der Waals surface area contributed by atoms with Gasteiger partial charge in [0, 0.05) is 28.5 Å². The predicted octanol–water partition coefficient (Wildman–Crippen LogP) is 4.31. The molecule has 2 fully saturated rings. The number of guanidine groups is 1. The van der Waals surface area contributed by atoms with Crippen molar-refractivity contribution in [1.82, 2.24) is 9.88 Å². The summed E-state index contributed by atoms with van der Waals surface area (Å²) >= 11 is 3.53. The lowest BCUT2D eigenvalue weighted by molar-refractivity contribution is -0.138. The third-order valence-corrected chi connectivity index (χ3v) is 9.18. The number of carbonyl (C=O) groups excluding carboxylic acids is 1. The Hall–Kier alpha value is -1.96. The van der Waals surface area contributed by atoms with Crippen molar-refractivity contribution in [3.05, 3.63) is 51.5 Å². The van der Waals surface area contributed by atoms with E-state index in [2.05, 4.69) is 35.0 Å². The molecule has 0 radical (unpaired) electrons. The summed E-state index contributed by atoms with van der Waals surface area (Å²) < 4.78 is 5.63. The average Bonchev–Trinajstić information content (AvgIpc) is 3.36. The van der Waals surface area contributed by atoms with Crippen molar-refractivity contribution in [3.8, 4) is 11.8 Å². The van der Waals surface area contributed by atoms with Gasteiger partial charge in [-0.25, -0.2) is 9.98 Å². The number of halogens is 1. The first-order valence-electron chi connectivity index (χ1n) is 11.5. The van der Waals surface area contributed by atoms with Gasteiger partial charge in [-0.05, 0) is 68.2 Å². The molecular formula is C25H25IN4O2S. The fourth-order valence-electron chi connectivity index (χ4n) is 5.83. The van der Waals surface area contributed by atoms with E-state index in [9.17, 15) is 4.79 Å². The third kappa shape index (κ3) is 3.43. The molecule has 6 rings (SSSR count). The lowest BCUT2D eigenvalue weighted by Gasteiger charge is -2.45. The van der Waals surface area contributed by atoms with Crippen LogP contribution in [0.5, 0.6) is 0 Å². The fourth-order valence-corrected chi connectivity index (χ4v) is 6.94. The quantitative estimate of drug-likeness (QED) is 0.439. The van der Waals surface area contributed by atoms with Crippen molar-refractivity contribution in [2.45, 2.75) is 63.1 Å². The number of nitrogens with two attached hydrogens (primary N) is 1. The van der Waals surface area contributed by atoms with Gasteiger partial charge in [0.25, 0.3) is 5.91 Å². The second-order valence-electron chi connectivity index (χ2n) is 9.66. The van der Waals surface area contributed by atoms with Crippen LogP contribution in [0.25, 0.3) is 0 Å². The first-order chi connectivity index (χ1) is 16.0. The molecule has 8 heteroatoms. The molecular weight excluding hydrogens is 547 g/mol. The van der Waals surface area contributed by atoms with Crippen molar-refractivity contribution in [2.75, 3.05) is 0 Å². The largest absolute Gasteiger partial charge is 0.369 e. The molecule has 1 aliphatic heterocycles. The minimum absolute atomic E-state index is 0.0184. The highest BCUT2D eigenvalue weighted by Crippen LogP contribution is 2.62. The van der Waals surface area contributed by atoms with Gasteiger partial charge >= 0.3 is 0 Å². The molecule has 0 bridgehead atoms. The number of nitrogens with zero attached hydrogens (tertiary/aromatic N) is 3. The van der Waals surface area contributed by atoms with E-state index in [4.69, 9.17) is 13.8 Å². The average molecular weight is 572 g/mol. The number of hydrogen-bond donors (Lipinski definition) is 1. The van der Waals surface area contributed by atoms with Crippen LogP contribution in [0.15, 0.2) is 34.8 Å². The Morgan fingerprint density at radius 2 is 2.09 bits per heavy atom. The van der Waals surface area contributed by atoms with Crippen LogP contribution in [0.2, 0.25) is 0 Å². The van der Waals surface area contributed by atoms with Gasteiger partial charge in [-0.15, -0.1) is 11.3 Å². The zero-order valence-electron chi connectivity index (χ0n) is 18.2. The summed E-state index contributed by atoms with van der Waals surface area (Å²) in [4.78, 5) is 25.3. The van der Waals surface area contributed by atoms with Gasteiger partial charge in [0.2, 0.25) is 0 Å². The van der Waals surface area contributed by atoms with E-state index < -0.39 is 5.54 Å². The van der Waals surface area contributed by atoms with Gasteiger partial charge in [-0.3, -0.25) is 9.69 Å². The number of carbonyl (C=O) groups is 1. The Balaban J connectivity index is 1.45. The molecule has 1 amide bonds. The first kappa shape index (κ1) is 21.6. The molecule has 4 aliphatic rings. The van der Waals surface area contributed by atoms with Gasteiger partial charge in [-0.1, -0.05) is 17.9 Å². The topological polar surface area (TPSA) is 80.8 Å². The summed E-state index contributed by atoms with van der Waals surface area (Å²) in [5.74, 6) is 7.50. The number of amides is 1. The Morgan fingerprint density at radius 1 is 1.27 bits per heavy atom. The maximum Gasteiger partial charge on any atom is 0.262 e. The third-order valence-electron chi connectivity index (χ3n) is 7.70. The van der Waals surface area contributed by atoms with Crippen molar-refractivity contribution >= 4 is 46.2 Å². The number of aliphatic imine (C=N–C) groups is 1. The monoisotopic (exact) mass is 572 g/mol. The van der Waals surface area contributed by atoms with E-state index in [1.165, 1.54) is 29.7 Å². The van der Waals surface area contributed by atoms with Crippen LogP contribution in [0.4, 0.5) is 0 Å². The van der Waals surface area contributed by atoms with E-state index in [1.54, 1.807) is 11.1 Å². The SMILES string of the molecule is NC1=NC2(C(=O)N1Cc1nccs1)c1cc(C#CC3CC3)ccc1CC21CCC(OI)CC1. The van der Waals surface area contributed by atoms with Crippen molar-refractivity contribution in [3.63, 3.8) is 0 Å². The molecule has 33 heavy (non-hydrogen) atoms. The number of hydrogen-bond acceptors (Lipinski definition) is 6. The zero-order chi connectivity index (χ0) is 22.6. The van der Waals surface area contributed by atoms with E-state index in [-0.39, 0.29) is 17.4 Å². The molecule has 1 atom stereocenters. The molecule has 1 aromatic carbocycles. The Kier molecular flexibility index (Phi) is 5.27. The van der Waals surface area contributed by atoms with E-state index in [1.807, 2.05) is 28.4 Å². The Labute approximate surface area is 211 Å². The van der Waals surface area contributed by atoms with Crippen molar-refractivity contribution < 1.29 is 7.86 Å². The van der Waals surface area contributed by atoms with Crippen LogP contribution in [0.3, 0.4) is 0 Å². The Morgan fingerprint density at radius 3 is 2.79 bits per heavy atom. The van der Waals surface area contributed by atoms with Crippen LogP contribution in [0.1, 0.15) is 60.2 Å². The molecule has 2 N–H and O–H groups in total. The molecule has 0 saturated heterocycles. The van der Waals surface area contributed by atoms with Crippen molar-refractivity contribution in [2.24, 2.45) is 22.1 Å². The summed E-state index contributed by atoms with van der Waals surface area (Å²) in [6.45, 7) is 0.361. The normalized spacial score (nSPS) is 30.5. The molecule has 2 heterocycles. The number of rotatable bonds is 3. The first-order valence-corrected chi connectivity index (χ1v) is 13.3. The highest BCUT2D eigenvalue weighted by atomic mass is 127. The van der Waals surface area contributed by atoms with Gasteiger partial charge < -0.3 is 8.80 Å². The number of thiazole rings is 1. The second kappa shape index (κ2) is 8.07. The number of aromatic nitrogens is 1. The second-order valence-corrected chi connectivity index (χ2v) is 11.1. The zero-order valence-corrected chi connectivity index (χ0v) is 21.2. The molecule has 2 aromatic rings. The van der Waals surface area contributed by atoms with Crippen LogP contribution >= 0.6 is 34.3 Å². The lowest BCUT2D eigenvalue weighted by Crippen LogP contribution is -2.51. The standard InChI is InChI=1S/C25H25IN4O2S/c26-32-19-7-9-24(10-8-19)14-18-6-5-17(4-3-16-1-2-16)13-20(18)25(24)22(31)30(23(27)29-25)15-21-28-11-12-33-21/h5-6,11-13,16,19H,1-2,7-10,14-15H2,(H2,27,29). The van der Waals surface area contributed by atoms with Gasteiger partial charge in [0.05, 0.1) is 12.6 Å². The van der Waals surface area contributed by atoms with Gasteiger partial charge in [-0.2, -0.15) is 0 Å². The number of benzene rings is 1. The highest BCUT2D eigenvalue weighted by Gasteiger charge is 2.66. The van der Waals surface area contributed by atoms with E-state index >= 15 is 0 Å². The van der Waals surface area contributed by atoms with Crippen LogP contribution in [-0.4, -0.2) is 27.9 Å². The smallest absolute Gasteiger partial charge is 0.262 e. The predicted molar refractivity (Wildman–Crippen MR) is 136 cm³/mol. The summed E-state index contributed by atoms with van der Waals surface area (Å²) in [6.07, 6.45) is 8.79. The molecule has 6 nitrogen and oxygen atoms in total. The Bertz CT molecular complexity index is 1190. The highest BCUT2D eigenvalue weighted by molar-refractivity contribution is 14.1. The molecule has 2 spiro atoms. The molecule has 1 unspecified atom stereocenters. The van der Waals surface area contributed by atoms with Crippen LogP contribution in [0, 0.1) is 23.2 Å². The fraction of sp³-hybridized carbons (Fsp3) is 0.480. The van der Waals surface area contributed by atoms with Gasteiger partial charge in [0.15, 0.2) is 11.5 Å². The van der Waals surface area contributed by atoms with Crippen molar-refractivity contribution in [1.29, 1.82) is 0 Å².